The van der Waals surface area contributed by atoms with Crippen LogP contribution in [0.4, 0.5) is 4.39 Å². The molecule has 7 heteroatoms. The Morgan fingerprint density at radius 2 is 1.74 bits per heavy atom. The Morgan fingerprint density at radius 1 is 1.16 bits per heavy atom. The second-order valence-corrected chi connectivity index (χ2v) is 6.84. The van der Waals surface area contributed by atoms with Gasteiger partial charge in [0.15, 0.2) is 0 Å². The van der Waals surface area contributed by atoms with E-state index in [1.807, 2.05) is 0 Å². The normalized spacial score (nSPS) is 27.0. The molecule has 1 N–H and O–H groups in total. The summed E-state index contributed by atoms with van der Waals surface area (Å²) in [5, 5.41) is 3.25. The Morgan fingerprint density at radius 3 is 2.32 bits per heavy atom. The van der Waals surface area contributed by atoms with Crippen molar-refractivity contribution in [2.75, 3.05) is 26.2 Å². The van der Waals surface area contributed by atoms with Crippen molar-refractivity contribution in [3.63, 3.8) is 0 Å². The number of fused-ring (bicyclic) bond motifs is 1. The van der Waals surface area contributed by atoms with Crippen molar-refractivity contribution < 1.29 is 12.8 Å². The molecule has 0 bridgehead atoms. The second kappa shape index (κ2) is 5.36. The highest BCUT2D eigenvalue weighted by atomic mass is 35.5. The molecule has 0 aliphatic carbocycles. The maximum absolute atomic E-state index is 13.6. The van der Waals surface area contributed by atoms with E-state index in [2.05, 4.69) is 5.32 Å². The van der Waals surface area contributed by atoms with E-state index in [1.165, 1.54) is 22.5 Å². The number of hydrogen-bond donors (Lipinski definition) is 1. The first-order valence-electron chi connectivity index (χ1n) is 6.04. The van der Waals surface area contributed by atoms with Crippen molar-refractivity contribution in [3.8, 4) is 0 Å². The molecule has 0 unspecified atom stereocenters. The molecule has 0 radical (unpaired) electrons. The summed E-state index contributed by atoms with van der Waals surface area (Å²) in [7, 11) is -3.68. The lowest BCUT2D eigenvalue weighted by Gasteiger charge is -2.17. The van der Waals surface area contributed by atoms with E-state index >= 15 is 0 Å². The first-order valence-corrected chi connectivity index (χ1v) is 7.48. The van der Waals surface area contributed by atoms with Crippen molar-refractivity contribution in [2.24, 2.45) is 11.8 Å². The minimum atomic E-state index is -3.68. The number of sulfonamides is 1. The molecule has 1 aromatic rings. The lowest BCUT2D eigenvalue weighted by atomic mass is 10.0. The third-order valence-corrected chi connectivity index (χ3v) is 5.68. The highest BCUT2D eigenvalue weighted by Gasteiger charge is 2.42. The van der Waals surface area contributed by atoms with Crippen molar-refractivity contribution >= 4 is 22.4 Å². The minimum absolute atomic E-state index is 0. The number of hydrogen-bond acceptors (Lipinski definition) is 3. The molecule has 2 fully saturated rings. The summed E-state index contributed by atoms with van der Waals surface area (Å²) in [6.45, 7) is 2.70. The Hall–Kier alpha value is -0.690. The Kier molecular flexibility index (Phi) is 4.15. The summed E-state index contributed by atoms with van der Waals surface area (Å²) in [5.74, 6) is 0.0609. The van der Waals surface area contributed by atoms with Gasteiger partial charge in [0.05, 0.1) is 0 Å². The molecular weight excluding hydrogens is 291 g/mol. The monoisotopic (exact) mass is 306 g/mol. The van der Waals surface area contributed by atoms with E-state index in [1.54, 1.807) is 6.07 Å². The van der Waals surface area contributed by atoms with Crippen LogP contribution in [0.15, 0.2) is 29.2 Å². The summed E-state index contributed by atoms with van der Waals surface area (Å²) in [4.78, 5) is -0.210. The molecular formula is C12H16ClFN2O2S. The molecule has 2 saturated heterocycles. The zero-order valence-corrected chi connectivity index (χ0v) is 11.9. The number of benzene rings is 1. The Balaban J connectivity index is 0.00000133. The fraction of sp³-hybridized carbons (Fsp3) is 0.500. The third kappa shape index (κ3) is 2.50. The molecule has 2 atom stereocenters. The molecule has 106 valence electrons. The molecule has 4 nitrogen and oxygen atoms in total. The summed E-state index contributed by atoms with van der Waals surface area (Å²) >= 11 is 0. The van der Waals surface area contributed by atoms with Gasteiger partial charge < -0.3 is 5.32 Å². The van der Waals surface area contributed by atoms with E-state index < -0.39 is 15.8 Å². The van der Waals surface area contributed by atoms with Gasteiger partial charge in [-0.1, -0.05) is 12.1 Å². The van der Waals surface area contributed by atoms with Crippen LogP contribution < -0.4 is 5.32 Å². The van der Waals surface area contributed by atoms with Crippen LogP contribution in [0.2, 0.25) is 0 Å². The third-order valence-electron chi connectivity index (χ3n) is 3.81. The summed E-state index contributed by atoms with van der Waals surface area (Å²) in [5.41, 5.74) is 0. The molecule has 2 aliphatic rings. The van der Waals surface area contributed by atoms with Gasteiger partial charge in [0.1, 0.15) is 10.7 Å². The van der Waals surface area contributed by atoms with Crippen LogP contribution in [0.5, 0.6) is 0 Å². The predicted octanol–water partition coefficient (Wildman–Crippen LogP) is 1.09. The van der Waals surface area contributed by atoms with Gasteiger partial charge in [-0.15, -0.1) is 12.4 Å². The van der Waals surface area contributed by atoms with Crippen LogP contribution >= 0.6 is 12.4 Å². The smallest absolute Gasteiger partial charge is 0.246 e. The Labute approximate surface area is 118 Å². The van der Waals surface area contributed by atoms with Crippen molar-refractivity contribution in [1.82, 2.24) is 9.62 Å². The largest absolute Gasteiger partial charge is 0.316 e. The van der Waals surface area contributed by atoms with Gasteiger partial charge in [-0.3, -0.25) is 0 Å². The highest BCUT2D eigenvalue weighted by molar-refractivity contribution is 7.89. The van der Waals surface area contributed by atoms with Crippen LogP contribution in [0.3, 0.4) is 0 Å². The SMILES string of the molecule is Cl.O=S(=O)(c1ccccc1F)N1C[C@H]2CNC[C@H]2C1. The van der Waals surface area contributed by atoms with Crippen LogP contribution in [0.1, 0.15) is 0 Å². The lowest BCUT2D eigenvalue weighted by Crippen LogP contribution is -2.32. The highest BCUT2D eigenvalue weighted by Crippen LogP contribution is 2.31. The number of nitrogens with one attached hydrogen (secondary N) is 1. The van der Waals surface area contributed by atoms with E-state index in [0.29, 0.717) is 24.9 Å². The van der Waals surface area contributed by atoms with Gasteiger partial charge in [-0.05, 0) is 37.1 Å². The average Bonchev–Trinajstić information content (AvgIpc) is 2.89. The standard InChI is InChI=1S/C12H15FN2O2S.ClH/c13-11-3-1-2-4-12(11)18(16,17)15-7-9-5-14-6-10(9)8-15;/h1-4,9-10,14H,5-8H2;1H/t9-,10+;. The van der Waals surface area contributed by atoms with E-state index in [0.717, 1.165) is 13.1 Å². The maximum Gasteiger partial charge on any atom is 0.246 e. The van der Waals surface area contributed by atoms with Crippen LogP contribution in [-0.4, -0.2) is 38.9 Å². The first-order chi connectivity index (χ1) is 8.59. The number of rotatable bonds is 2. The molecule has 0 saturated carbocycles. The average molecular weight is 307 g/mol. The molecule has 3 rings (SSSR count). The maximum atomic E-state index is 13.6. The van der Waals surface area contributed by atoms with E-state index in [-0.39, 0.29) is 17.3 Å². The van der Waals surface area contributed by atoms with Gasteiger partial charge in [0.2, 0.25) is 10.0 Å². The zero-order chi connectivity index (χ0) is 12.8. The zero-order valence-electron chi connectivity index (χ0n) is 10.3. The van der Waals surface area contributed by atoms with Crippen molar-refractivity contribution in [2.45, 2.75) is 4.90 Å². The van der Waals surface area contributed by atoms with Gasteiger partial charge in [-0.25, -0.2) is 12.8 Å². The quantitative estimate of drug-likeness (QED) is 0.890. The lowest BCUT2D eigenvalue weighted by molar-refractivity contribution is 0.443. The topological polar surface area (TPSA) is 49.4 Å². The Bertz CT molecular complexity index is 555. The van der Waals surface area contributed by atoms with Gasteiger partial charge in [-0.2, -0.15) is 4.31 Å². The predicted molar refractivity (Wildman–Crippen MR) is 72.3 cm³/mol. The number of nitrogens with zero attached hydrogens (tertiary/aromatic N) is 1. The van der Waals surface area contributed by atoms with Gasteiger partial charge in [0, 0.05) is 13.1 Å². The molecule has 2 heterocycles. The molecule has 0 aromatic heterocycles. The van der Waals surface area contributed by atoms with Crippen LogP contribution in [0, 0.1) is 17.7 Å². The molecule has 19 heavy (non-hydrogen) atoms. The summed E-state index contributed by atoms with van der Waals surface area (Å²) in [6, 6.07) is 5.56. The second-order valence-electron chi connectivity index (χ2n) is 4.93. The number of halogens is 2. The molecule has 0 amide bonds. The van der Waals surface area contributed by atoms with Gasteiger partial charge in [0.25, 0.3) is 0 Å². The fourth-order valence-corrected chi connectivity index (χ4v) is 4.42. The van der Waals surface area contributed by atoms with E-state index in [9.17, 15) is 12.8 Å². The fourth-order valence-electron chi connectivity index (χ4n) is 2.80. The summed E-state index contributed by atoms with van der Waals surface area (Å²) in [6.07, 6.45) is 0. The van der Waals surface area contributed by atoms with Crippen molar-refractivity contribution in [1.29, 1.82) is 0 Å². The first kappa shape index (κ1) is 14.7. The van der Waals surface area contributed by atoms with Gasteiger partial charge >= 0.3 is 0 Å². The summed E-state index contributed by atoms with van der Waals surface area (Å²) < 4.78 is 39.7. The van der Waals surface area contributed by atoms with Crippen LogP contribution in [0.25, 0.3) is 0 Å². The van der Waals surface area contributed by atoms with E-state index in [4.69, 9.17) is 0 Å². The minimum Gasteiger partial charge on any atom is -0.316 e. The van der Waals surface area contributed by atoms with Crippen molar-refractivity contribution in [3.05, 3.63) is 30.1 Å². The van der Waals surface area contributed by atoms with Crippen LogP contribution in [-0.2, 0) is 10.0 Å². The molecule has 0 spiro atoms. The molecule has 2 aliphatic heterocycles. The molecule has 1 aromatic carbocycles.